The van der Waals surface area contributed by atoms with E-state index < -0.39 is 6.09 Å². The second-order valence-electron chi connectivity index (χ2n) is 3.05. The van der Waals surface area contributed by atoms with Crippen molar-refractivity contribution in [1.29, 1.82) is 0 Å². The Morgan fingerprint density at radius 2 is 2.15 bits per heavy atom. The van der Waals surface area contributed by atoms with Crippen molar-refractivity contribution < 1.29 is 15.0 Å². The van der Waals surface area contributed by atoms with Gasteiger partial charge in [-0.05, 0) is 11.6 Å². The molecule has 0 atom stereocenters. The molecule has 0 aliphatic carbocycles. The average Bonchev–Trinajstić information content (AvgIpc) is 2.49. The van der Waals surface area contributed by atoms with Crippen LogP contribution in [0.15, 0.2) is 18.2 Å². The molecule has 1 heterocycles. The SMILES string of the molecule is O=C(O)N1Cc2cccc(O)c2C1. The molecule has 0 bridgehead atoms. The Hall–Kier alpha value is -1.71. The first-order valence-electron chi connectivity index (χ1n) is 3.96. The van der Waals surface area contributed by atoms with Crippen molar-refractivity contribution in [3.05, 3.63) is 29.3 Å². The number of hydrogen-bond acceptors (Lipinski definition) is 2. The zero-order valence-corrected chi connectivity index (χ0v) is 6.90. The van der Waals surface area contributed by atoms with Crippen molar-refractivity contribution in [1.82, 2.24) is 4.90 Å². The van der Waals surface area contributed by atoms with Crippen molar-refractivity contribution in [2.24, 2.45) is 0 Å². The number of benzene rings is 1. The smallest absolute Gasteiger partial charge is 0.407 e. The summed E-state index contributed by atoms with van der Waals surface area (Å²) < 4.78 is 0. The summed E-state index contributed by atoms with van der Waals surface area (Å²) in [5.41, 5.74) is 1.62. The number of rotatable bonds is 0. The number of nitrogens with zero attached hydrogens (tertiary/aromatic N) is 1. The highest BCUT2D eigenvalue weighted by Crippen LogP contribution is 2.29. The number of carbonyl (C=O) groups is 1. The molecule has 68 valence electrons. The van der Waals surface area contributed by atoms with Crippen molar-refractivity contribution in [2.75, 3.05) is 0 Å². The quantitative estimate of drug-likeness (QED) is 0.632. The van der Waals surface area contributed by atoms with E-state index in [9.17, 15) is 9.90 Å². The number of aromatic hydroxyl groups is 1. The number of phenols is 1. The molecular weight excluding hydrogens is 170 g/mol. The van der Waals surface area contributed by atoms with Crippen LogP contribution >= 0.6 is 0 Å². The molecule has 1 aliphatic heterocycles. The summed E-state index contributed by atoms with van der Waals surface area (Å²) in [4.78, 5) is 11.9. The lowest BCUT2D eigenvalue weighted by Gasteiger charge is -2.08. The van der Waals surface area contributed by atoms with Crippen LogP contribution < -0.4 is 0 Å². The van der Waals surface area contributed by atoms with Gasteiger partial charge in [-0.3, -0.25) is 4.90 Å². The van der Waals surface area contributed by atoms with E-state index in [1.54, 1.807) is 12.1 Å². The first-order chi connectivity index (χ1) is 6.18. The van der Waals surface area contributed by atoms with Gasteiger partial charge in [-0.2, -0.15) is 0 Å². The predicted molar refractivity (Wildman–Crippen MR) is 45.4 cm³/mol. The van der Waals surface area contributed by atoms with E-state index >= 15 is 0 Å². The summed E-state index contributed by atoms with van der Waals surface area (Å²) in [6.07, 6.45) is -0.949. The number of hydrogen-bond donors (Lipinski definition) is 2. The maximum absolute atomic E-state index is 10.6. The first kappa shape index (κ1) is 7.91. The highest BCUT2D eigenvalue weighted by molar-refractivity contribution is 5.66. The Morgan fingerprint density at radius 1 is 1.38 bits per heavy atom. The van der Waals surface area contributed by atoms with Crippen LogP contribution in [0.5, 0.6) is 5.75 Å². The van der Waals surface area contributed by atoms with Crippen LogP contribution in [0.4, 0.5) is 4.79 Å². The van der Waals surface area contributed by atoms with Crippen LogP contribution in [0.2, 0.25) is 0 Å². The van der Waals surface area contributed by atoms with Gasteiger partial charge in [0, 0.05) is 12.1 Å². The van der Waals surface area contributed by atoms with E-state index in [1.165, 1.54) is 4.90 Å². The zero-order chi connectivity index (χ0) is 9.42. The van der Waals surface area contributed by atoms with Crippen molar-refractivity contribution >= 4 is 6.09 Å². The van der Waals surface area contributed by atoms with E-state index in [0.29, 0.717) is 6.54 Å². The van der Waals surface area contributed by atoms with Gasteiger partial charge in [-0.15, -0.1) is 0 Å². The third-order valence-corrected chi connectivity index (χ3v) is 2.23. The number of carboxylic acid groups (broad SMARTS) is 1. The summed E-state index contributed by atoms with van der Waals surface area (Å²) in [5.74, 6) is 0.182. The standard InChI is InChI=1S/C9H9NO3/c11-8-3-1-2-6-4-10(9(12)13)5-7(6)8/h1-3,11H,4-5H2,(H,12,13). The fraction of sp³-hybridized carbons (Fsp3) is 0.222. The van der Waals surface area contributed by atoms with Gasteiger partial charge in [0.15, 0.2) is 0 Å². The van der Waals surface area contributed by atoms with Crippen LogP contribution in [-0.2, 0) is 13.1 Å². The summed E-state index contributed by atoms with van der Waals surface area (Å²) >= 11 is 0. The van der Waals surface area contributed by atoms with Gasteiger partial charge in [0.1, 0.15) is 5.75 Å². The van der Waals surface area contributed by atoms with E-state index in [1.807, 2.05) is 6.07 Å². The topological polar surface area (TPSA) is 60.8 Å². The Morgan fingerprint density at radius 3 is 2.77 bits per heavy atom. The minimum atomic E-state index is -0.949. The van der Waals surface area contributed by atoms with Crippen molar-refractivity contribution in [3.8, 4) is 5.75 Å². The van der Waals surface area contributed by atoms with Gasteiger partial charge in [0.25, 0.3) is 0 Å². The van der Waals surface area contributed by atoms with Crippen molar-refractivity contribution in [2.45, 2.75) is 13.1 Å². The fourth-order valence-corrected chi connectivity index (χ4v) is 1.54. The molecule has 4 nitrogen and oxygen atoms in total. The molecule has 0 aromatic heterocycles. The van der Waals surface area contributed by atoms with E-state index in [4.69, 9.17) is 5.11 Å². The molecule has 1 aromatic carbocycles. The fourth-order valence-electron chi connectivity index (χ4n) is 1.54. The van der Waals surface area contributed by atoms with Crippen LogP contribution in [0, 0.1) is 0 Å². The zero-order valence-electron chi connectivity index (χ0n) is 6.90. The Bertz CT molecular complexity index is 362. The normalized spacial score (nSPS) is 14.3. The van der Waals surface area contributed by atoms with E-state index in [-0.39, 0.29) is 12.3 Å². The molecule has 0 radical (unpaired) electrons. The molecule has 0 fully saturated rings. The number of phenolic OH excluding ortho intramolecular Hbond substituents is 1. The second kappa shape index (κ2) is 2.65. The lowest BCUT2D eigenvalue weighted by molar-refractivity contribution is 0.145. The largest absolute Gasteiger partial charge is 0.508 e. The van der Waals surface area contributed by atoms with Gasteiger partial charge < -0.3 is 10.2 Å². The molecule has 0 unspecified atom stereocenters. The lowest BCUT2D eigenvalue weighted by atomic mass is 10.1. The highest BCUT2D eigenvalue weighted by atomic mass is 16.4. The summed E-state index contributed by atoms with van der Waals surface area (Å²) in [7, 11) is 0. The minimum Gasteiger partial charge on any atom is -0.508 e. The molecule has 0 spiro atoms. The van der Waals surface area contributed by atoms with Gasteiger partial charge in [-0.1, -0.05) is 12.1 Å². The molecule has 2 N–H and O–H groups in total. The third kappa shape index (κ3) is 1.20. The monoisotopic (exact) mass is 179 g/mol. The van der Waals surface area contributed by atoms with Crippen molar-refractivity contribution in [3.63, 3.8) is 0 Å². The molecule has 1 aliphatic rings. The number of fused-ring (bicyclic) bond motifs is 1. The number of amides is 1. The van der Waals surface area contributed by atoms with E-state index in [0.717, 1.165) is 11.1 Å². The van der Waals surface area contributed by atoms with Crippen LogP contribution in [-0.4, -0.2) is 21.2 Å². The van der Waals surface area contributed by atoms with Gasteiger partial charge in [-0.25, -0.2) is 4.79 Å². The molecule has 13 heavy (non-hydrogen) atoms. The van der Waals surface area contributed by atoms with E-state index in [2.05, 4.69) is 0 Å². The molecule has 1 amide bonds. The average molecular weight is 179 g/mol. The summed E-state index contributed by atoms with van der Waals surface area (Å²) in [6.45, 7) is 0.663. The molecule has 0 saturated carbocycles. The van der Waals surface area contributed by atoms with Gasteiger partial charge in [0.05, 0.1) is 6.54 Å². The molecule has 1 aromatic rings. The minimum absolute atomic E-state index is 0.182. The Balaban J connectivity index is 2.35. The Labute approximate surface area is 75.0 Å². The molecule has 4 heteroatoms. The van der Waals surface area contributed by atoms with Gasteiger partial charge >= 0.3 is 6.09 Å². The summed E-state index contributed by atoms with van der Waals surface area (Å²) in [5, 5.41) is 18.1. The molecule has 0 saturated heterocycles. The maximum Gasteiger partial charge on any atom is 0.407 e. The molecular formula is C9H9NO3. The highest BCUT2D eigenvalue weighted by Gasteiger charge is 2.24. The maximum atomic E-state index is 10.6. The van der Waals surface area contributed by atoms with Crippen LogP contribution in [0.25, 0.3) is 0 Å². The van der Waals surface area contributed by atoms with Crippen LogP contribution in [0.1, 0.15) is 11.1 Å². The van der Waals surface area contributed by atoms with Gasteiger partial charge in [0.2, 0.25) is 0 Å². The molecule has 2 rings (SSSR count). The summed E-state index contributed by atoms with van der Waals surface area (Å²) in [6, 6.07) is 5.13. The van der Waals surface area contributed by atoms with Crippen LogP contribution in [0.3, 0.4) is 0 Å². The predicted octanol–water partition coefficient (Wildman–Crippen LogP) is 1.39. The Kier molecular flexibility index (Phi) is 1.62. The lowest BCUT2D eigenvalue weighted by Crippen LogP contribution is -2.22. The second-order valence-corrected chi connectivity index (χ2v) is 3.05. The third-order valence-electron chi connectivity index (χ3n) is 2.23. The first-order valence-corrected chi connectivity index (χ1v) is 3.96.